The van der Waals surface area contributed by atoms with E-state index in [9.17, 15) is 0 Å². The average Bonchev–Trinajstić information content (AvgIpc) is 2.94. The summed E-state index contributed by atoms with van der Waals surface area (Å²) in [4.78, 5) is 6.89. The molecule has 5 heteroatoms. The van der Waals surface area contributed by atoms with Crippen molar-refractivity contribution in [2.75, 3.05) is 31.6 Å². The first-order chi connectivity index (χ1) is 8.76. The highest BCUT2D eigenvalue weighted by Crippen LogP contribution is 2.21. The van der Waals surface area contributed by atoms with Gasteiger partial charge in [0.25, 0.3) is 0 Å². The maximum atomic E-state index is 4.61. The fourth-order valence-electron chi connectivity index (χ4n) is 2.58. The van der Waals surface area contributed by atoms with E-state index in [1.807, 2.05) is 17.8 Å². The van der Waals surface area contributed by atoms with Crippen molar-refractivity contribution in [3.63, 3.8) is 0 Å². The number of hydrogen-bond donors (Lipinski definition) is 1. The van der Waals surface area contributed by atoms with Gasteiger partial charge in [-0.15, -0.1) is 5.10 Å². The largest absolute Gasteiger partial charge is 0.339 e. The van der Waals surface area contributed by atoms with Crippen molar-refractivity contribution in [2.45, 2.75) is 13.3 Å². The van der Waals surface area contributed by atoms with Crippen LogP contribution in [0.2, 0.25) is 0 Å². The summed E-state index contributed by atoms with van der Waals surface area (Å²) >= 11 is 0. The first kappa shape index (κ1) is 11.5. The van der Waals surface area contributed by atoms with Gasteiger partial charge >= 0.3 is 0 Å². The van der Waals surface area contributed by atoms with E-state index in [2.05, 4.69) is 39.4 Å². The Kier molecular flexibility index (Phi) is 2.91. The van der Waals surface area contributed by atoms with E-state index in [1.54, 1.807) is 0 Å². The molecular formula is C13H19N5. The molecule has 2 aromatic rings. The lowest BCUT2D eigenvalue weighted by molar-refractivity contribution is 0.548. The van der Waals surface area contributed by atoms with E-state index in [4.69, 9.17) is 0 Å². The van der Waals surface area contributed by atoms with Gasteiger partial charge in [0.2, 0.25) is 5.95 Å². The fraction of sp³-hybridized carbons (Fsp3) is 0.538. The quantitative estimate of drug-likeness (QED) is 0.879. The van der Waals surface area contributed by atoms with Gasteiger partial charge in [0.05, 0.1) is 0 Å². The fourth-order valence-corrected chi connectivity index (χ4v) is 2.58. The molecule has 0 aliphatic carbocycles. The molecule has 3 heterocycles. The average molecular weight is 245 g/mol. The number of aromatic nitrogens is 3. The van der Waals surface area contributed by atoms with Crippen LogP contribution in [0, 0.1) is 12.8 Å². The van der Waals surface area contributed by atoms with Crippen molar-refractivity contribution < 1.29 is 0 Å². The third-order valence-corrected chi connectivity index (χ3v) is 3.54. The lowest BCUT2D eigenvalue weighted by Gasteiger charge is -2.13. The summed E-state index contributed by atoms with van der Waals surface area (Å²) in [6.07, 6.45) is 3.19. The molecule has 5 nitrogen and oxygen atoms in total. The topological polar surface area (TPSA) is 45.5 Å². The summed E-state index contributed by atoms with van der Waals surface area (Å²) in [5, 5.41) is 7.78. The molecule has 0 bridgehead atoms. The van der Waals surface area contributed by atoms with Crippen LogP contribution in [0.5, 0.6) is 0 Å². The minimum Gasteiger partial charge on any atom is -0.339 e. The van der Waals surface area contributed by atoms with Crippen LogP contribution in [0.1, 0.15) is 12.0 Å². The summed E-state index contributed by atoms with van der Waals surface area (Å²) in [7, 11) is 2.01. The predicted octanol–water partition coefficient (Wildman–Crippen LogP) is 1.08. The molecular weight excluding hydrogens is 226 g/mol. The van der Waals surface area contributed by atoms with Gasteiger partial charge in [0.15, 0.2) is 5.65 Å². The van der Waals surface area contributed by atoms with Crippen molar-refractivity contribution in [1.29, 1.82) is 0 Å². The molecule has 0 spiro atoms. The molecule has 0 radical (unpaired) electrons. The minimum absolute atomic E-state index is 0.711. The number of pyridine rings is 1. The second-order valence-corrected chi connectivity index (χ2v) is 5.08. The molecule has 0 amide bonds. The molecule has 0 saturated carbocycles. The highest BCUT2D eigenvalue weighted by molar-refractivity contribution is 5.46. The van der Waals surface area contributed by atoms with Crippen LogP contribution >= 0.6 is 0 Å². The Balaban J connectivity index is 1.82. The van der Waals surface area contributed by atoms with E-state index < -0.39 is 0 Å². The number of rotatable bonds is 3. The molecule has 1 aliphatic heterocycles. The number of nitrogens with zero attached hydrogens (tertiary/aromatic N) is 4. The van der Waals surface area contributed by atoms with Gasteiger partial charge in [0, 0.05) is 19.3 Å². The van der Waals surface area contributed by atoms with Crippen molar-refractivity contribution in [3.8, 4) is 0 Å². The second-order valence-electron chi connectivity index (χ2n) is 5.08. The Morgan fingerprint density at radius 1 is 1.50 bits per heavy atom. The third-order valence-electron chi connectivity index (χ3n) is 3.54. The highest BCUT2D eigenvalue weighted by atomic mass is 15.4. The summed E-state index contributed by atoms with van der Waals surface area (Å²) in [5.41, 5.74) is 2.15. The lowest BCUT2D eigenvalue weighted by Crippen LogP contribution is -2.25. The monoisotopic (exact) mass is 245 g/mol. The van der Waals surface area contributed by atoms with E-state index >= 15 is 0 Å². The van der Waals surface area contributed by atoms with E-state index in [1.165, 1.54) is 12.0 Å². The molecule has 3 rings (SSSR count). The zero-order chi connectivity index (χ0) is 12.5. The molecule has 1 unspecified atom stereocenters. The molecule has 1 fully saturated rings. The zero-order valence-electron chi connectivity index (χ0n) is 10.9. The van der Waals surface area contributed by atoms with Crippen molar-refractivity contribution in [2.24, 2.45) is 5.92 Å². The summed E-state index contributed by atoms with van der Waals surface area (Å²) in [5.74, 6) is 1.57. The molecule has 1 N–H and O–H groups in total. The highest BCUT2D eigenvalue weighted by Gasteiger charge is 2.24. The van der Waals surface area contributed by atoms with Gasteiger partial charge in [-0.1, -0.05) is 0 Å². The van der Waals surface area contributed by atoms with Crippen LogP contribution in [0.15, 0.2) is 18.3 Å². The molecule has 18 heavy (non-hydrogen) atoms. The summed E-state index contributed by atoms with van der Waals surface area (Å²) in [6, 6.07) is 4.12. The number of anilines is 1. The van der Waals surface area contributed by atoms with Crippen molar-refractivity contribution in [1.82, 2.24) is 19.9 Å². The van der Waals surface area contributed by atoms with Gasteiger partial charge in [-0.2, -0.15) is 4.98 Å². The molecule has 1 aliphatic rings. The standard InChI is InChI=1S/C13H19N5/c1-10-3-6-18-12(7-10)15-13(16-18)17-5-4-11(9-17)8-14-2/h3,6-7,11,14H,4-5,8-9H2,1-2H3. The second kappa shape index (κ2) is 4.57. The minimum atomic E-state index is 0.711. The predicted molar refractivity (Wildman–Crippen MR) is 72.0 cm³/mol. The number of nitrogens with one attached hydrogen (secondary N) is 1. The van der Waals surface area contributed by atoms with E-state index in [0.717, 1.165) is 31.2 Å². The molecule has 1 atom stereocenters. The first-order valence-electron chi connectivity index (χ1n) is 6.49. The van der Waals surface area contributed by atoms with Gasteiger partial charge in [-0.25, -0.2) is 4.52 Å². The normalized spacial score (nSPS) is 19.9. The van der Waals surface area contributed by atoms with Crippen LogP contribution in [-0.2, 0) is 0 Å². The number of hydrogen-bond acceptors (Lipinski definition) is 4. The smallest absolute Gasteiger partial charge is 0.245 e. The van der Waals surface area contributed by atoms with Crippen molar-refractivity contribution >= 4 is 11.6 Å². The maximum absolute atomic E-state index is 4.61. The van der Waals surface area contributed by atoms with E-state index in [-0.39, 0.29) is 0 Å². The number of aryl methyl sites for hydroxylation is 1. The molecule has 2 aromatic heterocycles. The first-order valence-corrected chi connectivity index (χ1v) is 6.49. The van der Waals surface area contributed by atoms with Crippen LogP contribution in [-0.4, -0.2) is 41.3 Å². The van der Waals surface area contributed by atoms with Gasteiger partial charge < -0.3 is 10.2 Å². The zero-order valence-corrected chi connectivity index (χ0v) is 10.9. The third kappa shape index (κ3) is 2.06. The Labute approximate surface area is 107 Å². The van der Waals surface area contributed by atoms with Crippen LogP contribution < -0.4 is 10.2 Å². The SMILES string of the molecule is CNCC1CCN(c2nc3cc(C)ccn3n2)C1. The summed E-state index contributed by atoms with van der Waals surface area (Å²) in [6.45, 7) is 5.26. The van der Waals surface area contributed by atoms with Crippen LogP contribution in [0.4, 0.5) is 5.95 Å². The summed E-state index contributed by atoms with van der Waals surface area (Å²) < 4.78 is 1.85. The maximum Gasteiger partial charge on any atom is 0.245 e. The van der Waals surface area contributed by atoms with Crippen LogP contribution in [0.3, 0.4) is 0 Å². The van der Waals surface area contributed by atoms with Gasteiger partial charge in [-0.05, 0) is 50.6 Å². The number of fused-ring (bicyclic) bond motifs is 1. The molecule has 1 saturated heterocycles. The Hall–Kier alpha value is -1.62. The Morgan fingerprint density at radius 3 is 3.22 bits per heavy atom. The Bertz CT molecular complexity index is 547. The molecule has 96 valence electrons. The van der Waals surface area contributed by atoms with Gasteiger partial charge in [-0.3, -0.25) is 0 Å². The Morgan fingerprint density at radius 2 is 2.39 bits per heavy atom. The lowest BCUT2D eigenvalue weighted by atomic mass is 10.1. The van der Waals surface area contributed by atoms with Gasteiger partial charge in [0.1, 0.15) is 0 Å². The van der Waals surface area contributed by atoms with Crippen LogP contribution in [0.25, 0.3) is 5.65 Å². The van der Waals surface area contributed by atoms with E-state index in [0.29, 0.717) is 5.92 Å². The van der Waals surface area contributed by atoms with Crippen molar-refractivity contribution in [3.05, 3.63) is 23.9 Å². The molecule has 0 aromatic carbocycles.